The molecule has 2 nitrogen and oxygen atoms in total. The zero-order valence-electron chi connectivity index (χ0n) is 34.6. The molecule has 10 aromatic rings. The summed E-state index contributed by atoms with van der Waals surface area (Å²) in [6, 6.07) is 93.2. The second-order valence-electron chi connectivity index (χ2n) is 16.4. The molecule has 0 saturated heterocycles. The SMILES string of the molecule is c1ccc(-c2ccc(N(c3ccc4c(c3)C3(c5ccccc5-c5ccccc53)c3ccccc3-4)c3ccccc3N(c3ccccc3)c3ccccc3)cc2-c2ccccc2)cc1. The Bertz CT molecular complexity index is 3180. The van der Waals surface area contributed by atoms with Crippen molar-refractivity contribution in [1.82, 2.24) is 0 Å². The summed E-state index contributed by atoms with van der Waals surface area (Å²) in [4.78, 5) is 4.87. The largest absolute Gasteiger partial charge is 0.308 e. The average Bonchev–Trinajstić information content (AvgIpc) is 3.83. The van der Waals surface area contributed by atoms with E-state index >= 15 is 0 Å². The Morgan fingerprint density at radius 2 is 0.571 bits per heavy atom. The summed E-state index contributed by atoms with van der Waals surface area (Å²) in [7, 11) is 0. The quantitative estimate of drug-likeness (QED) is 0.151. The van der Waals surface area contributed by atoms with Crippen LogP contribution in [-0.2, 0) is 5.41 Å². The molecule has 2 heteroatoms. The zero-order valence-corrected chi connectivity index (χ0v) is 34.6. The standard InChI is InChI=1S/C61H42N2/c1-5-21-43(22-6-1)49-39-37-47(41-54(49)44-23-7-2-8-24-44)63(60-36-20-19-35-59(60)62(45-25-9-3-10-26-45)46-27-11-4-12-28-46)48-38-40-53-52-31-15-18-34-57(52)61(58(53)42-48)55-32-16-13-29-50(55)51-30-14-17-33-56(51)61/h1-42H. The molecule has 2 aliphatic rings. The first-order valence-corrected chi connectivity index (χ1v) is 21.8. The highest BCUT2D eigenvalue weighted by Crippen LogP contribution is 2.63. The highest BCUT2D eigenvalue weighted by atomic mass is 15.2. The van der Waals surface area contributed by atoms with Crippen molar-refractivity contribution in [2.45, 2.75) is 5.41 Å². The molecule has 0 heterocycles. The molecule has 0 aromatic heterocycles. The summed E-state index contributed by atoms with van der Waals surface area (Å²) >= 11 is 0. The molecule has 0 bridgehead atoms. The number of hydrogen-bond donors (Lipinski definition) is 0. The van der Waals surface area contributed by atoms with Gasteiger partial charge in [-0.2, -0.15) is 0 Å². The smallest absolute Gasteiger partial charge is 0.0726 e. The topological polar surface area (TPSA) is 6.48 Å². The fourth-order valence-corrected chi connectivity index (χ4v) is 10.5. The predicted octanol–water partition coefficient (Wildman–Crippen LogP) is 16.3. The van der Waals surface area contributed by atoms with E-state index in [4.69, 9.17) is 0 Å². The fourth-order valence-electron chi connectivity index (χ4n) is 10.5. The summed E-state index contributed by atoms with van der Waals surface area (Å²) < 4.78 is 0. The number of anilines is 6. The summed E-state index contributed by atoms with van der Waals surface area (Å²) in [6.07, 6.45) is 0. The molecule has 0 atom stereocenters. The van der Waals surface area contributed by atoms with E-state index in [1.165, 1.54) is 66.8 Å². The van der Waals surface area contributed by atoms with Gasteiger partial charge in [0.15, 0.2) is 0 Å². The first-order valence-electron chi connectivity index (χ1n) is 21.8. The van der Waals surface area contributed by atoms with E-state index in [2.05, 4.69) is 265 Å². The molecule has 0 radical (unpaired) electrons. The van der Waals surface area contributed by atoms with Crippen LogP contribution in [0.4, 0.5) is 34.1 Å². The molecule has 12 rings (SSSR count). The Hall–Kier alpha value is -8.20. The Balaban J connectivity index is 1.15. The van der Waals surface area contributed by atoms with E-state index in [1.807, 2.05) is 0 Å². The Morgan fingerprint density at radius 3 is 1.06 bits per heavy atom. The van der Waals surface area contributed by atoms with E-state index in [9.17, 15) is 0 Å². The van der Waals surface area contributed by atoms with Crippen molar-refractivity contribution in [3.63, 3.8) is 0 Å². The van der Waals surface area contributed by atoms with Gasteiger partial charge in [0.2, 0.25) is 0 Å². The minimum absolute atomic E-state index is 0.479. The molecule has 0 fully saturated rings. The van der Waals surface area contributed by atoms with E-state index in [-0.39, 0.29) is 0 Å². The number of para-hydroxylation sites is 4. The van der Waals surface area contributed by atoms with Crippen LogP contribution in [0.25, 0.3) is 44.5 Å². The minimum atomic E-state index is -0.479. The van der Waals surface area contributed by atoms with Crippen LogP contribution in [0.15, 0.2) is 255 Å². The number of benzene rings is 10. The van der Waals surface area contributed by atoms with Gasteiger partial charge in [-0.25, -0.2) is 0 Å². The third-order valence-corrected chi connectivity index (χ3v) is 13.1. The van der Waals surface area contributed by atoms with Crippen molar-refractivity contribution in [3.8, 4) is 44.5 Å². The lowest BCUT2D eigenvalue weighted by atomic mass is 9.70. The minimum Gasteiger partial charge on any atom is -0.308 e. The Labute approximate surface area is 369 Å². The van der Waals surface area contributed by atoms with Gasteiger partial charge in [0, 0.05) is 22.7 Å². The van der Waals surface area contributed by atoms with Crippen LogP contribution in [0.5, 0.6) is 0 Å². The maximum Gasteiger partial charge on any atom is 0.0726 e. The molecule has 1 spiro atoms. The molecule has 0 unspecified atom stereocenters. The van der Waals surface area contributed by atoms with Crippen LogP contribution in [0.2, 0.25) is 0 Å². The molecular formula is C61H42N2. The van der Waals surface area contributed by atoms with Gasteiger partial charge < -0.3 is 9.80 Å². The van der Waals surface area contributed by atoms with E-state index < -0.39 is 5.41 Å². The molecular weight excluding hydrogens is 761 g/mol. The second kappa shape index (κ2) is 15.1. The van der Waals surface area contributed by atoms with Crippen LogP contribution in [0.1, 0.15) is 22.3 Å². The zero-order chi connectivity index (χ0) is 41.7. The lowest BCUT2D eigenvalue weighted by molar-refractivity contribution is 0.793. The average molecular weight is 803 g/mol. The molecule has 63 heavy (non-hydrogen) atoms. The number of fused-ring (bicyclic) bond motifs is 10. The maximum atomic E-state index is 2.49. The number of rotatable bonds is 8. The molecule has 0 amide bonds. The fraction of sp³-hybridized carbons (Fsp3) is 0.0164. The second-order valence-corrected chi connectivity index (χ2v) is 16.4. The predicted molar refractivity (Wildman–Crippen MR) is 263 cm³/mol. The molecule has 0 aliphatic heterocycles. The van der Waals surface area contributed by atoms with Gasteiger partial charge in [-0.1, -0.05) is 194 Å². The van der Waals surface area contributed by atoms with Crippen molar-refractivity contribution >= 4 is 34.1 Å². The van der Waals surface area contributed by atoms with Crippen molar-refractivity contribution in [2.24, 2.45) is 0 Å². The normalized spacial score (nSPS) is 12.6. The van der Waals surface area contributed by atoms with Gasteiger partial charge in [0.05, 0.1) is 16.8 Å². The summed E-state index contributed by atoms with van der Waals surface area (Å²) in [6.45, 7) is 0. The van der Waals surface area contributed by atoms with Crippen LogP contribution < -0.4 is 9.80 Å². The van der Waals surface area contributed by atoms with Crippen LogP contribution in [-0.4, -0.2) is 0 Å². The molecule has 0 N–H and O–H groups in total. The molecule has 0 saturated carbocycles. The summed E-state index contributed by atoms with van der Waals surface area (Å²) in [5.41, 5.74) is 21.2. The van der Waals surface area contributed by atoms with Gasteiger partial charge in [-0.05, 0) is 127 Å². The van der Waals surface area contributed by atoms with Crippen molar-refractivity contribution in [1.29, 1.82) is 0 Å². The van der Waals surface area contributed by atoms with Crippen molar-refractivity contribution in [3.05, 3.63) is 277 Å². The lowest BCUT2D eigenvalue weighted by Gasteiger charge is -2.35. The first kappa shape index (κ1) is 36.6. The maximum absolute atomic E-state index is 2.49. The van der Waals surface area contributed by atoms with Gasteiger partial charge in [0.25, 0.3) is 0 Å². The van der Waals surface area contributed by atoms with E-state index in [1.54, 1.807) is 0 Å². The lowest BCUT2D eigenvalue weighted by Crippen LogP contribution is -2.26. The van der Waals surface area contributed by atoms with Crippen molar-refractivity contribution < 1.29 is 0 Å². The van der Waals surface area contributed by atoms with Gasteiger partial charge >= 0.3 is 0 Å². The highest BCUT2D eigenvalue weighted by molar-refractivity contribution is 5.98. The third-order valence-electron chi connectivity index (χ3n) is 13.1. The van der Waals surface area contributed by atoms with Crippen LogP contribution >= 0.6 is 0 Å². The first-order chi connectivity index (χ1) is 31.3. The Morgan fingerprint density at radius 1 is 0.222 bits per heavy atom. The molecule has 10 aromatic carbocycles. The Kier molecular flexibility index (Phi) is 8.76. The van der Waals surface area contributed by atoms with Crippen molar-refractivity contribution in [2.75, 3.05) is 9.80 Å². The summed E-state index contributed by atoms with van der Waals surface area (Å²) in [5.74, 6) is 0. The van der Waals surface area contributed by atoms with Crippen LogP contribution in [0.3, 0.4) is 0 Å². The molecule has 2 aliphatic carbocycles. The van der Waals surface area contributed by atoms with Crippen LogP contribution in [0, 0.1) is 0 Å². The summed E-state index contributed by atoms with van der Waals surface area (Å²) in [5, 5.41) is 0. The van der Waals surface area contributed by atoms with Gasteiger partial charge in [0.1, 0.15) is 0 Å². The monoisotopic (exact) mass is 802 g/mol. The van der Waals surface area contributed by atoms with Gasteiger partial charge in [-0.3, -0.25) is 0 Å². The van der Waals surface area contributed by atoms with E-state index in [0.717, 1.165) is 34.1 Å². The highest BCUT2D eigenvalue weighted by Gasteiger charge is 2.51. The number of hydrogen-bond acceptors (Lipinski definition) is 2. The number of nitrogens with zero attached hydrogens (tertiary/aromatic N) is 2. The van der Waals surface area contributed by atoms with E-state index in [0.29, 0.717) is 0 Å². The van der Waals surface area contributed by atoms with Gasteiger partial charge in [-0.15, -0.1) is 0 Å². The third kappa shape index (κ3) is 5.80. The molecule has 296 valence electrons.